The minimum Gasteiger partial charge on any atom is -0.407 e. The van der Waals surface area contributed by atoms with Crippen molar-refractivity contribution in [3.8, 4) is 0 Å². The first kappa shape index (κ1) is 14.3. The van der Waals surface area contributed by atoms with Crippen LogP contribution < -0.4 is 0 Å². The number of ketones is 1. The molecule has 0 aliphatic heterocycles. The summed E-state index contributed by atoms with van der Waals surface area (Å²) in [6, 6.07) is 3.42. The smallest absolute Gasteiger partial charge is 0.193 e. The molecular weight excluding hydrogens is 240 g/mol. The van der Waals surface area contributed by atoms with Gasteiger partial charge >= 0.3 is 0 Å². The van der Waals surface area contributed by atoms with Crippen molar-refractivity contribution in [3.05, 3.63) is 0 Å². The maximum absolute atomic E-state index is 12.2. The van der Waals surface area contributed by atoms with Gasteiger partial charge in [-0.1, -0.05) is 34.6 Å². The summed E-state index contributed by atoms with van der Waals surface area (Å²) < 4.78 is 6.42. The first-order valence-corrected chi connectivity index (χ1v) is 10.1. The minimum atomic E-state index is -1.62. The van der Waals surface area contributed by atoms with E-state index in [9.17, 15) is 4.79 Å². The molecule has 2 aliphatic rings. The fraction of sp³-hybridized carbons (Fsp3) is 0.933. The quantitative estimate of drug-likeness (QED) is 0.704. The average Bonchev–Trinajstić information content (AvgIpc) is 2.88. The summed E-state index contributed by atoms with van der Waals surface area (Å²) in [7, 11) is -1.62. The highest BCUT2D eigenvalue weighted by atomic mass is 28.4. The van der Waals surface area contributed by atoms with Crippen LogP contribution in [0.1, 0.15) is 47.5 Å². The first-order valence-electron chi connectivity index (χ1n) is 7.60. The fourth-order valence-electron chi connectivity index (χ4n) is 3.86. The molecule has 0 bridgehead atoms. The van der Waals surface area contributed by atoms with Crippen molar-refractivity contribution in [2.45, 2.75) is 71.7 Å². The number of hydrogen-bond acceptors (Lipinski definition) is 2. The van der Waals surface area contributed by atoms with Crippen LogP contribution in [0, 0.1) is 17.3 Å². The number of rotatable bonds is 5. The number of Topliss-reactive ketones (excluding diaryl/α,β-unsaturated/α-hetero) is 1. The fourth-order valence-corrected chi connectivity index (χ4v) is 6.69. The normalized spacial score (nSPS) is 34.3. The molecule has 18 heavy (non-hydrogen) atoms. The third-order valence-electron chi connectivity index (χ3n) is 5.86. The first-order chi connectivity index (χ1) is 8.40. The average molecular weight is 268 g/mol. The summed E-state index contributed by atoms with van der Waals surface area (Å²) in [4.78, 5) is 12.2. The summed E-state index contributed by atoms with van der Waals surface area (Å²) in [5, 5.41) is 0. The van der Waals surface area contributed by atoms with Gasteiger partial charge in [-0.2, -0.15) is 0 Å². The number of hydrogen-bond donors (Lipinski definition) is 0. The maximum Gasteiger partial charge on any atom is 0.193 e. The molecule has 0 aromatic rings. The molecule has 0 heterocycles. The van der Waals surface area contributed by atoms with Crippen LogP contribution in [0.3, 0.4) is 0 Å². The van der Waals surface area contributed by atoms with E-state index < -0.39 is 8.32 Å². The lowest BCUT2D eigenvalue weighted by atomic mass is 9.97. The van der Waals surface area contributed by atoms with Crippen LogP contribution in [-0.4, -0.2) is 20.2 Å². The Bertz CT molecular complexity index is 325. The van der Waals surface area contributed by atoms with Crippen molar-refractivity contribution in [1.82, 2.24) is 0 Å². The molecule has 0 unspecified atom stereocenters. The van der Waals surface area contributed by atoms with Gasteiger partial charge in [-0.05, 0) is 41.8 Å². The lowest BCUT2D eigenvalue weighted by molar-refractivity contribution is -0.128. The van der Waals surface area contributed by atoms with E-state index >= 15 is 0 Å². The van der Waals surface area contributed by atoms with Crippen molar-refractivity contribution in [1.29, 1.82) is 0 Å². The standard InChI is InChI=1S/C15H28O2Si/c1-6-18(7-2,8-3)17-14-10-12-11(9-13(14)16)15(12,4)5/h11-12,14H,6-10H2,1-5H3/t11-,12+,14+/m0/s1. The molecule has 0 amide bonds. The molecule has 0 radical (unpaired) electrons. The van der Waals surface area contributed by atoms with Crippen LogP contribution in [0.2, 0.25) is 18.1 Å². The zero-order valence-electron chi connectivity index (χ0n) is 12.6. The highest BCUT2D eigenvalue weighted by Gasteiger charge is 2.61. The van der Waals surface area contributed by atoms with Crippen molar-refractivity contribution >= 4 is 14.1 Å². The van der Waals surface area contributed by atoms with E-state index in [1.807, 2.05) is 0 Å². The van der Waals surface area contributed by atoms with Crippen molar-refractivity contribution in [3.63, 3.8) is 0 Å². The van der Waals surface area contributed by atoms with Gasteiger partial charge < -0.3 is 4.43 Å². The zero-order valence-corrected chi connectivity index (χ0v) is 13.6. The molecule has 3 heteroatoms. The molecule has 2 nitrogen and oxygen atoms in total. The molecule has 2 saturated carbocycles. The van der Waals surface area contributed by atoms with E-state index in [1.165, 1.54) is 0 Å². The van der Waals surface area contributed by atoms with Crippen LogP contribution in [0.4, 0.5) is 0 Å². The molecule has 3 atom stereocenters. The molecule has 0 spiro atoms. The van der Waals surface area contributed by atoms with E-state index in [0.29, 0.717) is 17.1 Å². The Morgan fingerprint density at radius 2 is 1.72 bits per heavy atom. The van der Waals surface area contributed by atoms with Crippen molar-refractivity contribution in [2.24, 2.45) is 17.3 Å². The predicted octanol–water partition coefficient (Wildman–Crippen LogP) is 4.01. The van der Waals surface area contributed by atoms with Crippen molar-refractivity contribution < 1.29 is 9.22 Å². The molecule has 2 rings (SSSR count). The Labute approximate surface area is 113 Å². The SMILES string of the molecule is CC[Si](CC)(CC)O[C@@H]1C[C@@H]2[C@H](CC1=O)C2(C)C. The van der Waals surface area contributed by atoms with Crippen LogP contribution in [0.25, 0.3) is 0 Å². The monoisotopic (exact) mass is 268 g/mol. The second kappa shape index (κ2) is 4.75. The Kier molecular flexibility index (Phi) is 3.76. The van der Waals surface area contributed by atoms with E-state index in [2.05, 4.69) is 34.6 Å². The molecule has 2 fully saturated rings. The molecule has 0 saturated heterocycles. The van der Waals surface area contributed by atoms with Gasteiger partial charge in [0, 0.05) is 6.42 Å². The Hall–Kier alpha value is -0.153. The maximum atomic E-state index is 12.2. The van der Waals surface area contributed by atoms with Crippen LogP contribution >= 0.6 is 0 Å². The van der Waals surface area contributed by atoms with E-state index in [4.69, 9.17) is 4.43 Å². The van der Waals surface area contributed by atoms with Crippen LogP contribution in [-0.2, 0) is 9.22 Å². The van der Waals surface area contributed by atoms with E-state index in [1.54, 1.807) is 0 Å². The minimum absolute atomic E-state index is 0.0699. The summed E-state index contributed by atoms with van der Waals surface area (Å²) >= 11 is 0. The van der Waals surface area contributed by atoms with Gasteiger partial charge in [0.1, 0.15) is 6.10 Å². The third kappa shape index (κ3) is 2.20. The number of fused-ring (bicyclic) bond motifs is 1. The Morgan fingerprint density at radius 3 is 2.22 bits per heavy atom. The summed E-state index contributed by atoms with van der Waals surface area (Å²) in [6.07, 6.45) is 1.69. The van der Waals surface area contributed by atoms with Gasteiger partial charge in [-0.25, -0.2) is 0 Å². The number of carbonyl (C=O) groups is 1. The molecule has 104 valence electrons. The lowest BCUT2D eigenvalue weighted by Gasteiger charge is -2.34. The van der Waals surface area contributed by atoms with Crippen LogP contribution in [0.5, 0.6) is 0 Å². The summed E-state index contributed by atoms with van der Waals surface area (Å²) in [6.45, 7) is 11.3. The molecular formula is C15H28O2Si. The van der Waals surface area contributed by atoms with Gasteiger partial charge in [-0.3, -0.25) is 4.79 Å². The predicted molar refractivity (Wildman–Crippen MR) is 77.1 cm³/mol. The van der Waals surface area contributed by atoms with Gasteiger partial charge in [0.2, 0.25) is 0 Å². The lowest BCUT2D eigenvalue weighted by Crippen LogP contribution is -2.44. The second-order valence-electron chi connectivity index (χ2n) is 6.79. The Morgan fingerprint density at radius 1 is 1.17 bits per heavy atom. The molecule has 2 aliphatic carbocycles. The van der Waals surface area contributed by atoms with Gasteiger partial charge in [0.05, 0.1) is 0 Å². The second-order valence-corrected chi connectivity index (χ2v) is 11.5. The van der Waals surface area contributed by atoms with Crippen LogP contribution in [0.15, 0.2) is 0 Å². The Balaban J connectivity index is 2.04. The highest BCUT2D eigenvalue weighted by molar-refractivity contribution is 6.73. The highest BCUT2D eigenvalue weighted by Crippen LogP contribution is 2.64. The number of carbonyl (C=O) groups excluding carboxylic acids is 1. The van der Waals surface area contributed by atoms with E-state index in [0.717, 1.165) is 36.9 Å². The summed E-state index contributed by atoms with van der Waals surface area (Å²) in [5.74, 6) is 1.76. The van der Waals surface area contributed by atoms with Gasteiger partial charge in [0.25, 0.3) is 0 Å². The molecule has 0 aromatic carbocycles. The van der Waals surface area contributed by atoms with E-state index in [-0.39, 0.29) is 6.10 Å². The molecule has 0 aromatic heterocycles. The molecule has 0 N–H and O–H groups in total. The summed E-state index contributed by atoms with van der Waals surface area (Å²) in [5.41, 5.74) is 0.391. The topological polar surface area (TPSA) is 26.3 Å². The van der Waals surface area contributed by atoms with Gasteiger partial charge in [-0.15, -0.1) is 0 Å². The van der Waals surface area contributed by atoms with Gasteiger partial charge in [0.15, 0.2) is 14.1 Å². The third-order valence-corrected chi connectivity index (χ3v) is 10.5. The zero-order chi connectivity index (χ0) is 13.6. The largest absolute Gasteiger partial charge is 0.407 e. The van der Waals surface area contributed by atoms with Crippen molar-refractivity contribution in [2.75, 3.05) is 0 Å².